The number of amides is 1. The average molecular weight is 380 g/mol. The zero-order valence-electron chi connectivity index (χ0n) is 16.5. The molecule has 1 amide bonds. The Morgan fingerprint density at radius 2 is 2.07 bits per heavy atom. The summed E-state index contributed by atoms with van der Waals surface area (Å²) in [6.45, 7) is 6.68. The summed E-state index contributed by atoms with van der Waals surface area (Å²) in [5, 5.41) is 7.40. The molecule has 4 N–H and O–H groups in total. The highest BCUT2D eigenvalue weighted by Crippen LogP contribution is 2.31. The third-order valence-electron chi connectivity index (χ3n) is 5.83. The van der Waals surface area contributed by atoms with Crippen LogP contribution in [0.3, 0.4) is 0 Å². The summed E-state index contributed by atoms with van der Waals surface area (Å²) in [5.74, 6) is 0.340. The summed E-state index contributed by atoms with van der Waals surface area (Å²) in [4.78, 5) is 22.5. The summed E-state index contributed by atoms with van der Waals surface area (Å²) in [6.07, 6.45) is 3.31. The van der Waals surface area contributed by atoms with Crippen molar-refractivity contribution in [2.24, 2.45) is 5.73 Å². The van der Waals surface area contributed by atoms with Gasteiger partial charge in [0.15, 0.2) is 0 Å². The van der Waals surface area contributed by atoms with Crippen molar-refractivity contribution in [3.05, 3.63) is 46.9 Å². The summed E-state index contributed by atoms with van der Waals surface area (Å²) >= 11 is 0. The SMILES string of the molecule is Cc1nc(C(N)=O)nc(N2CC[C@@H](NC3CCCNc4ccccc43)C2)c1C. The van der Waals surface area contributed by atoms with Gasteiger partial charge in [0, 0.05) is 48.7 Å². The standard InChI is InChI=1S/C21H28N6O/c1-13-14(2)24-20(19(22)28)26-21(13)27-11-9-15(12-27)25-18-8-5-10-23-17-7-4-3-6-16(17)18/h3-4,6-7,15,18,23,25H,5,8-12H2,1-2H3,(H2,22,28)/t15-,18?/m1/s1. The van der Waals surface area contributed by atoms with Gasteiger partial charge in [-0.05, 0) is 44.7 Å². The van der Waals surface area contributed by atoms with Crippen molar-refractivity contribution in [3.8, 4) is 0 Å². The minimum atomic E-state index is -0.583. The number of aryl methyl sites for hydroxylation is 1. The van der Waals surface area contributed by atoms with E-state index >= 15 is 0 Å². The van der Waals surface area contributed by atoms with Crippen LogP contribution >= 0.6 is 0 Å². The van der Waals surface area contributed by atoms with Crippen LogP contribution < -0.4 is 21.3 Å². The molecule has 0 radical (unpaired) electrons. The number of benzene rings is 1. The summed E-state index contributed by atoms with van der Waals surface area (Å²) in [6, 6.07) is 9.31. The minimum absolute atomic E-state index is 0.0956. The van der Waals surface area contributed by atoms with Gasteiger partial charge in [0.05, 0.1) is 0 Å². The summed E-state index contributed by atoms with van der Waals surface area (Å²) in [7, 11) is 0. The maximum absolute atomic E-state index is 11.6. The normalized spacial score (nSPS) is 21.7. The fraction of sp³-hybridized carbons (Fsp3) is 0.476. The average Bonchev–Trinajstić information content (AvgIpc) is 3.05. The number of anilines is 2. The highest BCUT2D eigenvalue weighted by atomic mass is 16.1. The first-order valence-corrected chi connectivity index (χ1v) is 10.0. The molecule has 7 nitrogen and oxygen atoms in total. The largest absolute Gasteiger partial charge is 0.385 e. The van der Waals surface area contributed by atoms with E-state index < -0.39 is 5.91 Å². The number of hydrogen-bond acceptors (Lipinski definition) is 6. The Labute approximate surface area is 165 Å². The van der Waals surface area contributed by atoms with E-state index in [9.17, 15) is 4.79 Å². The Balaban J connectivity index is 1.50. The summed E-state index contributed by atoms with van der Waals surface area (Å²) < 4.78 is 0. The van der Waals surface area contributed by atoms with E-state index in [-0.39, 0.29) is 5.82 Å². The molecule has 1 unspecified atom stereocenters. The van der Waals surface area contributed by atoms with E-state index in [1.807, 2.05) is 13.8 Å². The molecule has 1 aromatic carbocycles. The molecule has 0 saturated carbocycles. The van der Waals surface area contributed by atoms with Gasteiger partial charge in [0.25, 0.3) is 5.91 Å². The number of nitrogens with two attached hydrogens (primary N) is 1. The molecule has 4 rings (SSSR count). The van der Waals surface area contributed by atoms with Crippen molar-refractivity contribution in [2.45, 2.75) is 45.2 Å². The molecule has 1 aromatic heterocycles. The number of carbonyl (C=O) groups is 1. The first-order chi connectivity index (χ1) is 13.5. The third kappa shape index (κ3) is 3.67. The van der Waals surface area contributed by atoms with Crippen LogP contribution in [0.25, 0.3) is 0 Å². The third-order valence-corrected chi connectivity index (χ3v) is 5.83. The molecule has 1 saturated heterocycles. The lowest BCUT2D eigenvalue weighted by Crippen LogP contribution is -2.36. The van der Waals surface area contributed by atoms with Gasteiger partial charge in [-0.1, -0.05) is 18.2 Å². The molecule has 0 aliphatic carbocycles. The van der Waals surface area contributed by atoms with Crippen molar-refractivity contribution < 1.29 is 4.79 Å². The minimum Gasteiger partial charge on any atom is -0.385 e. The van der Waals surface area contributed by atoms with Crippen molar-refractivity contribution in [1.82, 2.24) is 15.3 Å². The molecule has 0 spiro atoms. The molecular weight excluding hydrogens is 352 g/mol. The van der Waals surface area contributed by atoms with Gasteiger partial charge < -0.3 is 21.3 Å². The van der Waals surface area contributed by atoms with Crippen LogP contribution in [0.5, 0.6) is 0 Å². The van der Waals surface area contributed by atoms with Crippen LogP contribution in [0.15, 0.2) is 24.3 Å². The molecule has 2 atom stereocenters. The predicted octanol–water partition coefficient (Wildman–Crippen LogP) is 2.31. The lowest BCUT2D eigenvalue weighted by molar-refractivity contribution is 0.0990. The number of para-hydroxylation sites is 1. The number of fused-ring (bicyclic) bond motifs is 1. The molecule has 1 fully saturated rings. The van der Waals surface area contributed by atoms with E-state index in [4.69, 9.17) is 5.73 Å². The first kappa shape index (κ1) is 18.7. The van der Waals surface area contributed by atoms with Crippen molar-refractivity contribution >= 4 is 17.4 Å². The molecule has 28 heavy (non-hydrogen) atoms. The van der Waals surface area contributed by atoms with Gasteiger partial charge in [-0.25, -0.2) is 9.97 Å². The number of nitrogens with zero attached hydrogens (tertiary/aromatic N) is 3. The second-order valence-electron chi connectivity index (χ2n) is 7.75. The quantitative estimate of drug-likeness (QED) is 0.753. The predicted molar refractivity (Wildman–Crippen MR) is 111 cm³/mol. The summed E-state index contributed by atoms with van der Waals surface area (Å²) in [5.41, 5.74) is 9.81. The molecular formula is C21H28N6O. The van der Waals surface area contributed by atoms with Gasteiger partial charge in [0.1, 0.15) is 5.82 Å². The zero-order valence-corrected chi connectivity index (χ0v) is 16.5. The number of hydrogen-bond donors (Lipinski definition) is 3. The molecule has 148 valence electrons. The van der Waals surface area contributed by atoms with Crippen LogP contribution in [-0.4, -0.2) is 41.6 Å². The van der Waals surface area contributed by atoms with E-state index in [0.717, 1.165) is 56.0 Å². The Bertz CT molecular complexity index is 883. The van der Waals surface area contributed by atoms with Crippen LogP contribution in [0, 0.1) is 13.8 Å². The van der Waals surface area contributed by atoms with Crippen molar-refractivity contribution in [2.75, 3.05) is 29.9 Å². The van der Waals surface area contributed by atoms with E-state index in [1.54, 1.807) is 0 Å². The molecule has 0 bridgehead atoms. The van der Waals surface area contributed by atoms with Crippen LogP contribution in [0.1, 0.15) is 52.7 Å². The number of rotatable bonds is 4. The van der Waals surface area contributed by atoms with Gasteiger partial charge in [0.2, 0.25) is 5.82 Å². The van der Waals surface area contributed by atoms with Crippen molar-refractivity contribution in [1.29, 1.82) is 0 Å². The molecule has 7 heteroatoms. The first-order valence-electron chi connectivity index (χ1n) is 10.0. The van der Waals surface area contributed by atoms with Crippen LogP contribution in [0.2, 0.25) is 0 Å². The highest BCUT2D eigenvalue weighted by Gasteiger charge is 2.29. The monoisotopic (exact) mass is 380 g/mol. The number of aromatic nitrogens is 2. The topological polar surface area (TPSA) is 96.2 Å². The fourth-order valence-corrected chi connectivity index (χ4v) is 4.22. The molecule has 3 heterocycles. The van der Waals surface area contributed by atoms with Gasteiger partial charge in [-0.3, -0.25) is 4.79 Å². The van der Waals surface area contributed by atoms with Gasteiger partial charge in [-0.2, -0.15) is 0 Å². The molecule has 2 aromatic rings. The number of nitrogens with one attached hydrogen (secondary N) is 2. The number of carbonyl (C=O) groups excluding carboxylic acids is 1. The fourth-order valence-electron chi connectivity index (χ4n) is 4.22. The van der Waals surface area contributed by atoms with Crippen LogP contribution in [-0.2, 0) is 0 Å². The lowest BCUT2D eigenvalue weighted by Gasteiger charge is -2.25. The maximum atomic E-state index is 11.6. The Morgan fingerprint density at radius 3 is 2.89 bits per heavy atom. The Morgan fingerprint density at radius 1 is 1.25 bits per heavy atom. The van der Waals surface area contributed by atoms with Crippen LogP contribution in [0.4, 0.5) is 11.5 Å². The van der Waals surface area contributed by atoms with E-state index in [0.29, 0.717) is 12.1 Å². The zero-order chi connectivity index (χ0) is 19.7. The lowest BCUT2D eigenvalue weighted by atomic mass is 10.0. The van der Waals surface area contributed by atoms with E-state index in [1.165, 1.54) is 11.3 Å². The second-order valence-corrected chi connectivity index (χ2v) is 7.75. The van der Waals surface area contributed by atoms with Gasteiger partial charge >= 0.3 is 0 Å². The Kier molecular flexibility index (Phi) is 5.17. The highest BCUT2D eigenvalue weighted by molar-refractivity contribution is 5.89. The number of primary amides is 1. The Hall–Kier alpha value is -2.67. The van der Waals surface area contributed by atoms with Gasteiger partial charge in [-0.15, -0.1) is 0 Å². The van der Waals surface area contributed by atoms with E-state index in [2.05, 4.69) is 49.8 Å². The smallest absolute Gasteiger partial charge is 0.286 e. The molecule has 2 aliphatic heterocycles. The van der Waals surface area contributed by atoms with Crippen molar-refractivity contribution in [3.63, 3.8) is 0 Å². The second kappa shape index (κ2) is 7.75. The maximum Gasteiger partial charge on any atom is 0.286 e. The molecule has 2 aliphatic rings.